The van der Waals surface area contributed by atoms with Crippen LogP contribution in [0.1, 0.15) is 27.2 Å². The fraction of sp³-hybridized carbons (Fsp3) is 1.00. The molecule has 0 saturated carbocycles. The summed E-state index contributed by atoms with van der Waals surface area (Å²) in [5.74, 6) is 0. The Labute approximate surface area is 63.4 Å². The van der Waals surface area contributed by atoms with Crippen molar-refractivity contribution in [3.05, 3.63) is 0 Å². The van der Waals surface area contributed by atoms with Gasteiger partial charge in [0.15, 0.2) is 0 Å². The maximum absolute atomic E-state index is 5.87. The van der Waals surface area contributed by atoms with Gasteiger partial charge in [-0.1, -0.05) is 0 Å². The summed E-state index contributed by atoms with van der Waals surface area (Å²) in [6.07, 6.45) is 1.34. The molecule has 1 aliphatic heterocycles. The molecule has 1 unspecified atom stereocenters. The standard InChI is InChI=1S/C8H18N2/c1-7-4-5-10(7)6-8(2,3)9/h7H,4-6,9H2,1-3H3. The maximum atomic E-state index is 5.87. The van der Waals surface area contributed by atoms with Crippen LogP contribution < -0.4 is 5.73 Å². The lowest BCUT2D eigenvalue weighted by molar-refractivity contribution is 0.0822. The van der Waals surface area contributed by atoms with Gasteiger partial charge < -0.3 is 5.73 Å². The monoisotopic (exact) mass is 142 g/mol. The average molecular weight is 142 g/mol. The Morgan fingerprint density at radius 3 is 2.30 bits per heavy atom. The Balaban J connectivity index is 2.26. The minimum Gasteiger partial charge on any atom is -0.324 e. The summed E-state index contributed by atoms with van der Waals surface area (Å²) in [5.41, 5.74) is 5.85. The van der Waals surface area contributed by atoms with Gasteiger partial charge in [-0.3, -0.25) is 4.90 Å². The first-order valence-corrected chi connectivity index (χ1v) is 4.02. The highest BCUT2D eigenvalue weighted by Gasteiger charge is 2.27. The molecule has 1 fully saturated rings. The van der Waals surface area contributed by atoms with Gasteiger partial charge in [0.2, 0.25) is 0 Å². The minimum atomic E-state index is -0.0192. The van der Waals surface area contributed by atoms with Crippen molar-refractivity contribution >= 4 is 0 Å². The van der Waals surface area contributed by atoms with Gasteiger partial charge in [0, 0.05) is 18.1 Å². The van der Waals surface area contributed by atoms with Gasteiger partial charge in [0.1, 0.15) is 0 Å². The van der Waals surface area contributed by atoms with E-state index in [2.05, 4.69) is 25.7 Å². The van der Waals surface area contributed by atoms with Crippen molar-refractivity contribution in [3.63, 3.8) is 0 Å². The largest absolute Gasteiger partial charge is 0.324 e. The Morgan fingerprint density at radius 1 is 1.60 bits per heavy atom. The molecule has 0 aliphatic carbocycles. The minimum absolute atomic E-state index is 0.0192. The van der Waals surface area contributed by atoms with Crippen molar-refractivity contribution in [2.45, 2.75) is 38.8 Å². The van der Waals surface area contributed by atoms with Crippen LogP contribution in [0.4, 0.5) is 0 Å². The van der Waals surface area contributed by atoms with Crippen LogP contribution in [0, 0.1) is 0 Å². The lowest BCUT2D eigenvalue weighted by Gasteiger charge is -2.42. The number of hydrogen-bond donors (Lipinski definition) is 1. The van der Waals surface area contributed by atoms with E-state index < -0.39 is 0 Å². The molecule has 1 rings (SSSR count). The summed E-state index contributed by atoms with van der Waals surface area (Å²) in [6.45, 7) is 8.70. The number of likely N-dealkylation sites (tertiary alicyclic amines) is 1. The van der Waals surface area contributed by atoms with Crippen LogP contribution in [0.2, 0.25) is 0 Å². The molecule has 60 valence electrons. The van der Waals surface area contributed by atoms with Crippen molar-refractivity contribution in [1.29, 1.82) is 0 Å². The molecule has 0 aromatic rings. The van der Waals surface area contributed by atoms with Gasteiger partial charge in [-0.2, -0.15) is 0 Å². The molecular formula is C8H18N2. The SMILES string of the molecule is CC1CCN1CC(C)(C)N. The van der Waals surface area contributed by atoms with Crippen molar-refractivity contribution in [2.75, 3.05) is 13.1 Å². The molecule has 0 amide bonds. The first-order chi connectivity index (χ1) is 4.49. The number of rotatable bonds is 2. The molecule has 1 heterocycles. The zero-order chi connectivity index (χ0) is 7.78. The third-order valence-corrected chi connectivity index (χ3v) is 2.07. The number of hydrogen-bond acceptors (Lipinski definition) is 2. The Bertz CT molecular complexity index is 115. The van der Waals surface area contributed by atoms with Crippen LogP contribution in [0.5, 0.6) is 0 Å². The highest BCUT2D eigenvalue weighted by Crippen LogP contribution is 2.18. The molecule has 0 aromatic heterocycles. The molecule has 0 bridgehead atoms. The van der Waals surface area contributed by atoms with E-state index in [9.17, 15) is 0 Å². The van der Waals surface area contributed by atoms with Crippen LogP contribution in [0.15, 0.2) is 0 Å². The second kappa shape index (κ2) is 2.51. The second-order valence-electron chi connectivity index (χ2n) is 4.10. The van der Waals surface area contributed by atoms with Crippen LogP contribution in [-0.4, -0.2) is 29.6 Å². The van der Waals surface area contributed by atoms with Crippen LogP contribution in [0.25, 0.3) is 0 Å². The van der Waals surface area contributed by atoms with Gasteiger partial charge >= 0.3 is 0 Å². The number of nitrogens with zero attached hydrogens (tertiary/aromatic N) is 1. The van der Waals surface area contributed by atoms with Crippen LogP contribution >= 0.6 is 0 Å². The summed E-state index contributed by atoms with van der Waals surface area (Å²) in [6, 6.07) is 0.767. The molecule has 10 heavy (non-hydrogen) atoms. The fourth-order valence-electron chi connectivity index (χ4n) is 1.33. The Hall–Kier alpha value is -0.0800. The van der Waals surface area contributed by atoms with E-state index in [0.717, 1.165) is 12.6 Å². The number of nitrogens with two attached hydrogens (primary N) is 1. The fourth-order valence-corrected chi connectivity index (χ4v) is 1.33. The normalized spacial score (nSPS) is 28.2. The molecule has 2 N–H and O–H groups in total. The van der Waals surface area contributed by atoms with Gasteiger partial charge in [-0.15, -0.1) is 0 Å². The molecule has 1 atom stereocenters. The summed E-state index contributed by atoms with van der Waals surface area (Å²) >= 11 is 0. The highest BCUT2D eigenvalue weighted by atomic mass is 15.2. The quantitative estimate of drug-likeness (QED) is 0.618. The molecule has 0 aromatic carbocycles. The first kappa shape index (κ1) is 8.02. The average Bonchev–Trinajstić information content (AvgIpc) is 1.78. The molecule has 1 aliphatic rings. The maximum Gasteiger partial charge on any atom is 0.0226 e. The predicted molar refractivity (Wildman–Crippen MR) is 43.9 cm³/mol. The highest BCUT2D eigenvalue weighted by molar-refractivity contribution is 4.85. The van der Waals surface area contributed by atoms with E-state index in [1.807, 2.05) is 0 Å². The lowest BCUT2D eigenvalue weighted by Crippen LogP contribution is -2.54. The first-order valence-electron chi connectivity index (χ1n) is 4.02. The van der Waals surface area contributed by atoms with Crippen molar-refractivity contribution in [3.8, 4) is 0 Å². The van der Waals surface area contributed by atoms with Gasteiger partial charge in [0.05, 0.1) is 0 Å². The van der Waals surface area contributed by atoms with E-state index >= 15 is 0 Å². The molecule has 1 saturated heterocycles. The van der Waals surface area contributed by atoms with E-state index in [-0.39, 0.29) is 5.54 Å². The van der Waals surface area contributed by atoms with Gasteiger partial charge in [-0.25, -0.2) is 0 Å². The molecular weight excluding hydrogens is 124 g/mol. The van der Waals surface area contributed by atoms with Crippen molar-refractivity contribution in [1.82, 2.24) is 4.90 Å². The summed E-state index contributed by atoms with van der Waals surface area (Å²) < 4.78 is 0. The summed E-state index contributed by atoms with van der Waals surface area (Å²) in [7, 11) is 0. The predicted octanol–water partition coefficient (Wildman–Crippen LogP) is 0.818. The topological polar surface area (TPSA) is 29.3 Å². The zero-order valence-corrected chi connectivity index (χ0v) is 7.22. The molecule has 0 spiro atoms. The van der Waals surface area contributed by atoms with E-state index in [1.54, 1.807) is 0 Å². The van der Waals surface area contributed by atoms with Gasteiger partial charge in [-0.05, 0) is 33.7 Å². The second-order valence-corrected chi connectivity index (χ2v) is 4.10. The smallest absolute Gasteiger partial charge is 0.0226 e. The zero-order valence-electron chi connectivity index (χ0n) is 7.22. The van der Waals surface area contributed by atoms with Crippen LogP contribution in [0.3, 0.4) is 0 Å². The Kier molecular flexibility index (Phi) is 2.02. The molecule has 0 radical (unpaired) electrons. The van der Waals surface area contributed by atoms with Gasteiger partial charge in [0.25, 0.3) is 0 Å². The van der Waals surface area contributed by atoms with E-state index in [0.29, 0.717) is 0 Å². The lowest BCUT2D eigenvalue weighted by atomic mass is 9.99. The van der Waals surface area contributed by atoms with E-state index in [1.165, 1.54) is 13.0 Å². The third kappa shape index (κ3) is 1.96. The van der Waals surface area contributed by atoms with Crippen molar-refractivity contribution in [2.24, 2.45) is 5.73 Å². The Morgan fingerprint density at radius 2 is 2.20 bits per heavy atom. The third-order valence-electron chi connectivity index (χ3n) is 2.07. The van der Waals surface area contributed by atoms with E-state index in [4.69, 9.17) is 5.73 Å². The van der Waals surface area contributed by atoms with Crippen molar-refractivity contribution < 1.29 is 0 Å². The molecule has 2 heteroatoms. The summed E-state index contributed by atoms with van der Waals surface area (Å²) in [5, 5.41) is 0. The summed E-state index contributed by atoms with van der Waals surface area (Å²) in [4.78, 5) is 2.43. The van der Waals surface area contributed by atoms with Crippen LogP contribution in [-0.2, 0) is 0 Å². The molecule has 2 nitrogen and oxygen atoms in total.